The first-order chi connectivity index (χ1) is 8.04. The highest BCUT2D eigenvalue weighted by atomic mass is 16.5. The molecular weight excluding hydrogens is 222 g/mol. The van der Waals surface area contributed by atoms with E-state index in [1.807, 2.05) is 13.8 Å². The SMILES string of the molecule is COC(=O)c1cc(C(C)OC)c(C)c(OC)n1. The Morgan fingerprint density at radius 3 is 2.47 bits per heavy atom. The summed E-state index contributed by atoms with van der Waals surface area (Å²) in [6.45, 7) is 3.76. The number of rotatable bonds is 4. The maximum Gasteiger partial charge on any atom is 0.356 e. The van der Waals surface area contributed by atoms with Crippen molar-refractivity contribution in [2.45, 2.75) is 20.0 Å². The van der Waals surface area contributed by atoms with Crippen LogP contribution in [0.1, 0.15) is 34.6 Å². The highest BCUT2D eigenvalue weighted by Gasteiger charge is 2.18. The molecule has 1 aromatic heterocycles. The Morgan fingerprint density at radius 2 is 2.00 bits per heavy atom. The molecular formula is C12H17NO4. The zero-order valence-electron chi connectivity index (χ0n) is 10.7. The fourth-order valence-corrected chi connectivity index (χ4v) is 1.56. The molecule has 0 radical (unpaired) electrons. The van der Waals surface area contributed by atoms with Crippen LogP contribution in [0.3, 0.4) is 0 Å². The Bertz CT molecular complexity index is 417. The second kappa shape index (κ2) is 5.63. The number of ether oxygens (including phenoxy) is 3. The predicted molar refractivity (Wildman–Crippen MR) is 62.3 cm³/mol. The number of carbonyl (C=O) groups excluding carboxylic acids is 1. The van der Waals surface area contributed by atoms with Gasteiger partial charge >= 0.3 is 5.97 Å². The molecule has 0 aliphatic heterocycles. The van der Waals surface area contributed by atoms with Crippen molar-refractivity contribution in [1.82, 2.24) is 4.98 Å². The van der Waals surface area contributed by atoms with E-state index in [0.717, 1.165) is 11.1 Å². The van der Waals surface area contributed by atoms with Crippen molar-refractivity contribution in [1.29, 1.82) is 0 Å². The van der Waals surface area contributed by atoms with E-state index < -0.39 is 5.97 Å². The van der Waals surface area contributed by atoms with Crippen LogP contribution in [-0.2, 0) is 9.47 Å². The van der Waals surface area contributed by atoms with Gasteiger partial charge in [-0.25, -0.2) is 9.78 Å². The summed E-state index contributed by atoms with van der Waals surface area (Å²) in [5.74, 6) is -0.0837. The number of hydrogen-bond donors (Lipinski definition) is 0. The van der Waals surface area contributed by atoms with Crippen LogP contribution in [0.25, 0.3) is 0 Å². The van der Waals surface area contributed by atoms with Crippen LogP contribution in [-0.4, -0.2) is 32.3 Å². The number of methoxy groups -OCH3 is 3. The van der Waals surface area contributed by atoms with Crippen LogP contribution in [0.15, 0.2) is 6.07 Å². The summed E-state index contributed by atoms with van der Waals surface area (Å²) in [5, 5.41) is 0. The number of esters is 1. The molecule has 0 saturated carbocycles. The van der Waals surface area contributed by atoms with Crippen LogP contribution in [0.5, 0.6) is 5.88 Å². The molecule has 0 amide bonds. The zero-order valence-corrected chi connectivity index (χ0v) is 10.7. The summed E-state index contributed by atoms with van der Waals surface area (Å²) in [4.78, 5) is 15.6. The molecule has 0 aliphatic carbocycles. The van der Waals surface area contributed by atoms with Gasteiger partial charge < -0.3 is 14.2 Å². The molecule has 0 N–H and O–H groups in total. The molecule has 1 rings (SSSR count). The molecule has 1 heterocycles. The minimum absolute atomic E-state index is 0.143. The lowest BCUT2D eigenvalue weighted by Gasteiger charge is -2.16. The zero-order chi connectivity index (χ0) is 13.0. The topological polar surface area (TPSA) is 57.7 Å². The van der Waals surface area contributed by atoms with Crippen LogP contribution in [0.4, 0.5) is 0 Å². The van der Waals surface area contributed by atoms with Crippen molar-refractivity contribution in [3.05, 3.63) is 22.9 Å². The average molecular weight is 239 g/mol. The van der Waals surface area contributed by atoms with Gasteiger partial charge in [0.25, 0.3) is 0 Å². The van der Waals surface area contributed by atoms with Gasteiger partial charge in [-0.15, -0.1) is 0 Å². The highest BCUT2D eigenvalue weighted by Crippen LogP contribution is 2.27. The van der Waals surface area contributed by atoms with Gasteiger partial charge in [-0.2, -0.15) is 0 Å². The molecule has 5 heteroatoms. The van der Waals surface area contributed by atoms with Crippen molar-refractivity contribution in [2.75, 3.05) is 21.3 Å². The molecule has 0 spiro atoms. The summed E-state index contributed by atoms with van der Waals surface area (Å²) in [6, 6.07) is 1.66. The van der Waals surface area contributed by atoms with E-state index in [2.05, 4.69) is 9.72 Å². The van der Waals surface area contributed by atoms with Crippen molar-refractivity contribution < 1.29 is 19.0 Å². The quantitative estimate of drug-likeness (QED) is 0.751. The number of aromatic nitrogens is 1. The average Bonchev–Trinajstić information content (AvgIpc) is 2.37. The standard InChI is InChI=1S/C12H17NO4/c1-7-9(8(2)15-3)6-10(12(14)17-5)13-11(7)16-4/h6,8H,1-5H3. The molecule has 1 atom stereocenters. The van der Waals surface area contributed by atoms with Crippen LogP contribution in [0.2, 0.25) is 0 Å². The Balaban J connectivity index is 3.33. The second-order valence-corrected chi connectivity index (χ2v) is 3.60. The monoisotopic (exact) mass is 239 g/mol. The first kappa shape index (κ1) is 13.4. The normalized spacial score (nSPS) is 12.1. The van der Waals surface area contributed by atoms with E-state index >= 15 is 0 Å². The van der Waals surface area contributed by atoms with E-state index in [4.69, 9.17) is 9.47 Å². The molecule has 0 bridgehead atoms. The summed E-state index contributed by atoms with van der Waals surface area (Å²) in [6.07, 6.45) is -0.143. The van der Waals surface area contributed by atoms with Crippen molar-refractivity contribution in [3.63, 3.8) is 0 Å². The Kier molecular flexibility index (Phi) is 4.45. The maximum absolute atomic E-state index is 11.5. The Labute approximate surface area is 101 Å². The third kappa shape index (κ3) is 2.74. The van der Waals surface area contributed by atoms with E-state index in [-0.39, 0.29) is 11.8 Å². The first-order valence-corrected chi connectivity index (χ1v) is 5.21. The third-order valence-electron chi connectivity index (χ3n) is 2.65. The van der Waals surface area contributed by atoms with Gasteiger partial charge in [0.15, 0.2) is 5.69 Å². The lowest BCUT2D eigenvalue weighted by molar-refractivity contribution is 0.0592. The summed E-state index contributed by atoms with van der Waals surface area (Å²) >= 11 is 0. The van der Waals surface area contributed by atoms with E-state index in [1.165, 1.54) is 14.2 Å². The van der Waals surface area contributed by atoms with Crippen molar-refractivity contribution >= 4 is 5.97 Å². The van der Waals surface area contributed by atoms with Gasteiger partial charge in [-0.1, -0.05) is 0 Å². The van der Waals surface area contributed by atoms with Gasteiger partial charge in [0.05, 0.1) is 20.3 Å². The lowest BCUT2D eigenvalue weighted by Crippen LogP contribution is -2.10. The van der Waals surface area contributed by atoms with Gasteiger partial charge in [0, 0.05) is 12.7 Å². The highest BCUT2D eigenvalue weighted by molar-refractivity contribution is 5.87. The Morgan fingerprint density at radius 1 is 1.35 bits per heavy atom. The molecule has 0 aromatic carbocycles. The van der Waals surface area contributed by atoms with Crippen LogP contribution >= 0.6 is 0 Å². The van der Waals surface area contributed by atoms with E-state index in [0.29, 0.717) is 5.88 Å². The molecule has 0 fully saturated rings. The molecule has 94 valence electrons. The molecule has 5 nitrogen and oxygen atoms in total. The van der Waals surface area contributed by atoms with Crippen LogP contribution < -0.4 is 4.74 Å². The van der Waals surface area contributed by atoms with Gasteiger partial charge in [-0.3, -0.25) is 0 Å². The minimum atomic E-state index is -0.493. The fraction of sp³-hybridized carbons (Fsp3) is 0.500. The largest absolute Gasteiger partial charge is 0.481 e. The maximum atomic E-state index is 11.5. The predicted octanol–water partition coefficient (Wildman–Crippen LogP) is 1.89. The second-order valence-electron chi connectivity index (χ2n) is 3.60. The van der Waals surface area contributed by atoms with Crippen molar-refractivity contribution in [2.24, 2.45) is 0 Å². The Hall–Kier alpha value is -1.62. The summed E-state index contributed by atoms with van der Waals surface area (Å²) in [5.41, 5.74) is 1.93. The minimum Gasteiger partial charge on any atom is -0.481 e. The molecule has 1 unspecified atom stereocenters. The van der Waals surface area contributed by atoms with Gasteiger partial charge in [0.1, 0.15) is 0 Å². The van der Waals surface area contributed by atoms with Crippen molar-refractivity contribution in [3.8, 4) is 5.88 Å². The van der Waals surface area contributed by atoms with Gasteiger partial charge in [0.2, 0.25) is 5.88 Å². The third-order valence-corrected chi connectivity index (χ3v) is 2.65. The lowest BCUT2D eigenvalue weighted by atomic mass is 10.0. The fourth-order valence-electron chi connectivity index (χ4n) is 1.56. The van der Waals surface area contributed by atoms with Gasteiger partial charge in [-0.05, 0) is 25.5 Å². The molecule has 0 aliphatic rings. The number of carbonyl (C=O) groups is 1. The number of pyridine rings is 1. The summed E-state index contributed by atoms with van der Waals surface area (Å²) in [7, 11) is 4.43. The molecule has 0 saturated heterocycles. The van der Waals surface area contributed by atoms with E-state index in [1.54, 1.807) is 13.2 Å². The smallest absolute Gasteiger partial charge is 0.356 e. The molecule has 1 aromatic rings. The first-order valence-electron chi connectivity index (χ1n) is 5.21. The number of nitrogens with zero attached hydrogens (tertiary/aromatic N) is 1. The number of hydrogen-bond acceptors (Lipinski definition) is 5. The summed E-state index contributed by atoms with van der Waals surface area (Å²) < 4.78 is 15.0. The molecule has 17 heavy (non-hydrogen) atoms. The van der Waals surface area contributed by atoms with Crippen LogP contribution in [0, 0.1) is 6.92 Å². The van der Waals surface area contributed by atoms with E-state index in [9.17, 15) is 4.79 Å².